The molecule has 0 unspecified atom stereocenters. The maximum absolute atomic E-state index is 4.61. The van der Waals surface area contributed by atoms with Crippen LogP contribution in [0, 0.1) is 6.92 Å². The first-order valence-corrected chi connectivity index (χ1v) is 8.63. The third-order valence-electron chi connectivity index (χ3n) is 3.13. The van der Waals surface area contributed by atoms with Crippen molar-refractivity contribution in [3.63, 3.8) is 0 Å². The molecule has 5 heteroatoms. The number of aromatic nitrogens is 1. The van der Waals surface area contributed by atoms with Crippen molar-refractivity contribution in [1.29, 1.82) is 0 Å². The SMILES string of the molecule is CCNC(=NCc1ccccc1)NCCCc1nc(C)cs1. The second kappa shape index (κ2) is 9.20. The van der Waals surface area contributed by atoms with Crippen LogP contribution < -0.4 is 10.6 Å². The number of nitrogens with one attached hydrogen (secondary N) is 2. The largest absolute Gasteiger partial charge is 0.357 e. The summed E-state index contributed by atoms with van der Waals surface area (Å²) in [5.74, 6) is 0.877. The van der Waals surface area contributed by atoms with E-state index in [9.17, 15) is 0 Å². The number of thiazole rings is 1. The van der Waals surface area contributed by atoms with Gasteiger partial charge in [0, 0.05) is 30.6 Å². The van der Waals surface area contributed by atoms with E-state index in [2.05, 4.69) is 45.0 Å². The van der Waals surface area contributed by atoms with Crippen molar-refractivity contribution >= 4 is 17.3 Å². The number of guanidine groups is 1. The molecule has 22 heavy (non-hydrogen) atoms. The molecular weight excluding hydrogens is 292 g/mol. The van der Waals surface area contributed by atoms with Crippen molar-refractivity contribution in [2.45, 2.75) is 33.2 Å². The Morgan fingerprint density at radius 1 is 1.23 bits per heavy atom. The Kier molecular flexibility index (Phi) is 6.90. The fraction of sp³-hybridized carbons (Fsp3) is 0.412. The average Bonchev–Trinajstić information content (AvgIpc) is 2.95. The zero-order valence-electron chi connectivity index (χ0n) is 13.3. The maximum atomic E-state index is 4.61. The number of aliphatic imine (C=N–C) groups is 1. The van der Waals surface area contributed by atoms with Crippen LogP contribution in [-0.2, 0) is 13.0 Å². The van der Waals surface area contributed by atoms with Gasteiger partial charge in [-0.15, -0.1) is 11.3 Å². The Balaban J connectivity index is 1.76. The van der Waals surface area contributed by atoms with Gasteiger partial charge in [-0.3, -0.25) is 0 Å². The van der Waals surface area contributed by atoms with Crippen molar-refractivity contribution < 1.29 is 0 Å². The lowest BCUT2D eigenvalue weighted by Gasteiger charge is -2.10. The molecule has 4 nitrogen and oxygen atoms in total. The molecule has 2 N–H and O–H groups in total. The molecule has 1 aromatic heterocycles. The second-order valence-electron chi connectivity index (χ2n) is 5.09. The summed E-state index contributed by atoms with van der Waals surface area (Å²) in [5.41, 5.74) is 2.34. The van der Waals surface area contributed by atoms with E-state index >= 15 is 0 Å². The summed E-state index contributed by atoms with van der Waals surface area (Å²) in [5, 5.41) is 9.98. The van der Waals surface area contributed by atoms with Crippen molar-refractivity contribution in [1.82, 2.24) is 15.6 Å². The minimum atomic E-state index is 0.696. The number of nitrogens with zero attached hydrogens (tertiary/aromatic N) is 2. The molecule has 118 valence electrons. The van der Waals surface area contributed by atoms with Crippen LogP contribution in [0.2, 0.25) is 0 Å². The van der Waals surface area contributed by atoms with Gasteiger partial charge in [0.2, 0.25) is 0 Å². The smallest absolute Gasteiger partial charge is 0.191 e. The highest BCUT2D eigenvalue weighted by molar-refractivity contribution is 7.09. The van der Waals surface area contributed by atoms with E-state index in [4.69, 9.17) is 0 Å². The van der Waals surface area contributed by atoms with Gasteiger partial charge in [-0.05, 0) is 25.8 Å². The van der Waals surface area contributed by atoms with Gasteiger partial charge in [0.15, 0.2) is 5.96 Å². The summed E-state index contributed by atoms with van der Waals surface area (Å²) in [6.45, 7) is 6.59. The first-order valence-electron chi connectivity index (χ1n) is 7.75. The number of hydrogen-bond donors (Lipinski definition) is 2. The van der Waals surface area contributed by atoms with E-state index < -0.39 is 0 Å². The van der Waals surface area contributed by atoms with Gasteiger partial charge < -0.3 is 10.6 Å². The molecule has 2 aromatic rings. The predicted octanol–water partition coefficient (Wildman–Crippen LogP) is 3.14. The van der Waals surface area contributed by atoms with Gasteiger partial charge >= 0.3 is 0 Å². The molecule has 0 aliphatic rings. The van der Waals surface area contributed by atoms with Crippen molar-refractivity contribution in [3.8, 4) is 0 Å². The molecular formula is C17H24N4S. The topological polar surface area (TPSA) is 49.3 Å². The van der Waals surface area contributed by atoms with Gasteiger partial charge in [-0.2, -0.15) is 0 Å². The van der Waals surface area contributed by atoms with Crippen LogP contribution in [0.5, 0.6) is 0 Å². The second-order valence-corrected chi connectivity index (χ2v) is 6.04. The molecule has 1 heterocycles. The lowest BCUT2D eigenvalue weighted by molar-refractivity contribution is 0.740. The number of hydrogen-bond acceptors (Lipinski definition) is 3. The third-order valence-corrected chi connectivity index (χ3v) is 4.16. The first kappa shape index (κ1) is 16.5. The molecule has 0 spiro atoms. The Hall–Kier alpha value is -1.88. The van der Waals surface area contributed by atoms with Crippen LogP contribution in [-0.4, -0.2) is 24.0 Å². The fourth-order valence-corrected chi connectivity index (χ4v) is 2.88. The molecule has 0 radical (unpaired) electrons. The summed E-state index contributed by atoms with van der Waals surface area (Å²) in [6, 6.07) is 10.3. The van der Waals surface area contributed by atoms with E-state index in [1.54, 1.807) is 11.3 Å². The number of rotatable bonds is 7. The first-order chi connectivity index (χ1) is 10.8. The van der Waals surface area contributed by atoms with E-state index in [0.29, 0.717) is 6.54 Å². The summed E-state index contributed by atoms with van der Waals surface area (Å²) >= 11 is 1.74. The van der Waals surface area contributed by atoms with Crippen LogP contribution in [0.4, 0.5) is 0 Å². The van der Waals surface area contributed by atoms with Gasteiger partial charge in [-0.25, -0.2) is 9.98 Å². The summed E-state index contributed by atoms with van der Waals surface area (Å²) in [6.07, 6.45) is 2.08. The summed E-state index contributed by atoms with van der Waals surface area (Å²) in [4.78, 5) is 9.10. The van der Waals surface area contributed by atoms with Crippen molar-refractivity contribution in [2.75, 3.05) is 13.1 Å². The minimum absolute atomic E-state index is 0.696. The van der Waals surface area contributed by atoms with Crippen molar-refractivity contribution in [2.24, 2.45) is 4.99 Å². The van der Waals surface area contributed by atoms with Crippen LogP contribution in [0.15, 0.2) is 40.7 Å². The number of aryl methyl sites for hydroxylation is 2. The Bertz CT molecular complexity index is 577. The van der Waals surface area contributed by atoms with Crippen LogP contribution in [0.3, 0.4) is 0 Å². The van der Waals surface area contributed by atoms with Crippen LogP contribution in [0.1, 0.15) is 29.6 Å². The van der Waals surface area contributed by atoms with E-state index in [1.807, 2.05) is 25.1 Å². The maximum Gasteiger partial charge on any atom is 0.191 e. The summed E-state index contributed by atoms with van der Waals surface area (Å²) < 4.78 is 0. The Morgan fingerprint density at radius 3 is 2.73 bits per heavy atom. The zero-order chi connectivity index (χ0) is 15.6. The highest BCUT2D eigenvalue weighted by Gasteiger charge is 2.00. The number of benzene rings is 1. The molecule has 2 rings (SSSR count). The molecule has 0 atom stereocenters. The molecule has 0 saturated carbocycles. The van der Waals surface area contributed by atoms with Crippen LogP contribution >= 0.6 is 11.3 Å². The molecule has 1 aromatic carbocycles. The molecule has 0 fully saturated rings. The van der Waals surface area contributed by atoms with Crippen molar-refractivity contribution in [3.05, 3.63) is 52.0 Å². The normalized spacial score (nSPS) is 11.5. The van der Waals surface area contributed by atoms with Gasteiger partial charge in [-0.1, -0.05) is 30.3 Å². The Labute approximate surface area is 136 Å². The monoisotopic (exact) mass is 316 g/mol. The molecule has 0 amide bonds. The lowest BCUT2D eigenvalue weighted by Crippen LogP contribution is -2.37. The minimum Gasteiger partial charge on any atom is -0.357 e. The highest BCUT2D eigenvalue weighted by atomic mass is 32.1. The van der Waals surface area contributed by atoms with Crippen LogP contribution in [0.25, 0.3) is 0 Å². The van der Waals surface area contributed by atoms with Gasteiger partial charge in [0.25, 0.3) is 0 Å². The van der Waals surface area contributed by atoms with Gasteiger partial charge in [0.05, 0.1) is 11.6 Å². The zero-order valence-corrected chi connectivity index (χ0v) is 14.1. The van der Waals surface area contributed by atoms with E-state index in [-0.39, 0.29) is 0 Å². The quantitative estimate of drug-likeness (QED) is 0.469. The molecule has 0 aliphatic heterocycles. The van der Waals surface area contributed by atoms with Gasteiger partial charge in [0.1, 0.15) is 0 Å². The summed E-state index contributed by atoms with van der Waals surface area (Å²) in [7, 11) is 0. The average molecular weight is 316 g/mol. The highest BCUT2D eigenvalue weighted by Crippen LogP contribution is 2.10. The Morgan fingerprint density at radius 2 is 2.05 bits per heavy atom. The third kappa shape index (κ3) is 5.85. The standard InChI is InChI=1S/C17H24N4S/c1-3-18-17(20-12-15-8-5-4-6-9-15)19-11-7-10-16-21-14(2)13-22-16/h4-6,8-9,13H,3,7,10-12H2,1-2H3,(H2,18,19,20). The lowest BCUT2D eigenvalue weighted by atomic mass is 10.2. The predicted molar refractivity (Wildman–Crippen MR) is 94.4 cm³/mol. The fourth-order valence-electron chi connectivity index (χ4n) is 2.06. The molecule has 0 bridgehead atoms. The van der Waals surface area contributed by atoms with E-state index in [1.165, 1.54) is 10.6 Å². The molecule has 0 saturated heterocycles. The van der Waals surface area contributed by atoms with E-state index in [0.717, 1.165) is 37.6 Å². The molecule has 0 aliphatic carbocycles.